The Bertz CT molecular complexity index is 357. The molecule has 1 saturated carbocycles. The van der Waals surface area contributed by atoms with Gasteiger partial charge in [0.1, 0.15) is 11.5 Å². The van der Waals surface area contributed by atoms with Gasteiger partial charge in [0.2, 0.25) is 0 Å². The minimum Gasteiger partial charge on any atom is -0.463 e. The molecule has 1 aliphatic rings. The zero-order valence-electron chi connectivity index (χ0n) is 11.9. The molecule has 1 unspecified atom stereocenters. The molecule has 1 aromatic rings. The highest BCUT2D eigenvalue weighted by Crippen LogP contribution is 2.20. The SMILES string of the molecule is CCCC(C)N(C)Cc1ccc(CNC2CC2)o1. The van der Waals surface area contributed by atoms with Crippen LogP contribution in [-0.4, -0.2) is 24.0 Å². The maximum Gasteiger partial charge on any atom is 0.118 e. The van der Waals surface area contributed by atoms with Crippen molar-refractivity contribution in [2.24, 2.45) is 0 Å². The molecule has 0 saturated heterocycles. The van der Waals surface area contributed by atoms with Crippen molar-refractivity contribution < 1.29 is 4.42 Å². The molecule has 0 aliphatic heterocycles. The van der Waals surface area contributed by atoms with E-state index in [0.29, 0.717) is 6.04 Å². The maximum absolute atomic E-state index is 5.86. The summed E-state index contributed by atoms with van der Waals surface area (Å²) in [4.78, 5) is 2.36. The summed E-state index contributed by atoms with van der Waals surface area (Å²) < 4.78 is 5.86. The van der Waals surface area contributed by atoms with Crippen molar-refractivity contribution in [2.45, 2.75) is 64.7 Å². The van der Waals surface area contributed by atoms with Gasteiger partial charge in [-0.1, -0.05) is 13.3 Å². The molecule has 1 atom stereocenters. The largest absolute Gasteiger partial charge is 0.463 e. The van der Waals surface area contributed by atoms with E-state index in [1.54, 1.807) is 0 Å². The van der Waals surface area contributed by atoms with Crippen LogP contribution in [0.25, 0.3) is 0 Å². The lowest BCUT2D eigenvalue weighted by molar-refractivity contribution is 0.217. The van der Waals surface area contributed by atoms with Crippen molar-refractivity contribution >= 4 is 0 Å². The number of nitrogens with zero attached hydrogens (tertiary/aromatic N) is 1. The molecule has 3 heteroatoms. The van der Waals surface area contributed by atoms with E-state index < -0.39 is 0 Å². The van der Waals surface area contributed by atoms with Gasteiger partial charge in [-0.2, -0.15) is 0 Å². The van der Waals surface area contributed by atoms with Crippen molar-refractivity contribution in [1.82, 2.24) is 10.2 Å². The topological polar surface area (TPSA) is 28.4 Å². The number of hydrogen-bond donors (Lipinski definition) is 1. The zero-order chi connectivity index (χ0) is 13.0. The van der Waals surface area contributed by atoms with Gasteiger partial charge in [-0.25, -0.2) is 0 Å². The molecule has 1 aromatic heterocycles. The van der Waals surface area contributed by atoms with Crippen LogP contribution in [0.1, 0.15) is 51.1 Å². The smallest absolute Gasteiger partial charge is 0.118 e. The van der Waals surface area contributed by atoms with Crippen LogP contribution >= 0.6 is 0 Å². The van der Waals surface area contributed by atoms with Crippen molar-refractivity contribution in [1.29, 1.82) is 0 Å². The van der Waals surface area contributed by atoms with Gasteiger partial charge in [0, 0.05) is 12.1 Å². The van der Waals surface area contributed by atoms with Gasteiger partial charge in [-0.3, -0.25) is 4.90 Å². The average Bonchev–Trinajstić information content (AvgIpc) is 3.08. The van der Waals surface area contributed by atoms with Crippen molar-refractivity contribution in [3.8, 4) is 0 Å². The maximum atomic E-state index is 5.86. The highest BCUT2D eigenvalue weighted by atomic mass is 16.3. The summed E-state index contributed by atoms with van der Waals surface area (Å²) in [5.74, 6) is 2.14. The first kappa shape index (κ1) is 13.6. The Morgan fingerprint density at radius 3 is 2.78 bits per heavy atom. The monoisotopic (exact) mass is 250 g/mol. The second-order valence-corrected chi connectivity index (χ2v) is 5.58. The van der Waals surface area contributed by atoms with E-state index in [0.717, 1.165) is 30.7 Å². The third-order valence-electron chi connectivity index (χ3n) is 3.72. The molecule has 2 rings (SSSR count). The molecule has 0 radical (unpaired) electrons. The Morgan fingerprint density at radius 2 is 2.11 bits per heavy atom. The Kier molecular flexibility index (Phi) is 4.84. The molecular formula is C15H26N2O. The molecule has 0 spiro atoms. The number of hydrogen-bond acceptors (Lipinski definition) is 3. The molecule has 0 bridgehead atoms. The van der Waals surface area contributed by atoms with Gasteiger partial charge < -0.3 is 9.73 Å². The van der Waals surface area contributed by atoms with Crippen LogP contribution in [0, 0.1) is 0 Å². The minimum absolute atomic E-state index is 0.619. The molecule has 18 heavy (non-hydrogen) atoms. The summed E-state index contributed by atoms with van der Waals surface area (Å²) in [6, 6.07) is 5.57. The van der Waals surface area contributed by atoms with Crippen LogP contribution in [0.3, 0.4) is 0 Å². The van der Waals surface area contributed by atoms with Crippen LogP contribution in [0.2, 0.25) is 0 Å². The van der Waals surface area contributed by atoms with Crippen molar-refractivity contribution in [3.05, 3.63) is 23.7 Å². The molecule has 1 aliphatic carbocycles. The Morgan fingerprint density at radius 1 is 1.39 bits per heavy atom. The highest BCUT2D eigenvalue weighted by molar-refractivity contribution is 5.07. The molecule has 1 heterocycles. The van der Waals surface area contributed by atoms with Gasteiger partial charge in [0.15, 0.2) is 0 Å². The van der Waals surface area contributed by atoms with Crippen LogP contribution in [0.4, 0.5) is 0 Å². The van der Waals surface area contributed by atoms with Gasteiger partial charge in [0.05, 0.1) is 13.1 Å². The second kappa shape index (κ2) is 6.39. The van der Waals surface area contributed by atoms with Crippen LogP contribution in [0.15, 0.2) is 16.5 Å². The van der Waals surface area contributed by atoms with E-state index in [9.17, 15) is 0 Å². The van der Waals surface area contributed by atoms with Crippen LogP contribution < -0.4 is 5.32 Å². The van der Waals surface area contributed by atoms with E-state index in [-0.39, 0.29) is 0 Å². The minimum atomic E-state index is 0.619. The molecular weight excluding hydrogens is 224 g/mol. The lowest BCUT2D eigenvalue weighted by Crippen LogP contribution is -2.28. The Hall–Kier alpha value is -0.800. The molecule has 0 amide bonds. The second-order valence-electron chi connectivity index (χ2n) is 5.58. The van der Waals surface area contributed by atoms with E-state index in [2.05, 4.69) is 43.2 Å². The van der Waals surface area contributed by atoms with E-state index in [1.807, 2.05) is 0 Å². The number of nitrogens with one attached hydrogen (secondary N) is 1. The van der Waals surface area contributed by atoms with Gasteiger partial charge in [-0.15, -0.1) is 0 Å². The molecule has 0 aromatic carbocycles. The first-order valence-electron chi connectivity index (χ1n) is 7.20. The summed E-state index contributed by atoms with van der Waals surface area (Å²) >= 11 is 0. The average molecular weight is 250 g/mol. The summed E-state index contributed by atoms with van der Waals surface area (Å²) in [6.45, 7) is 6.30. The zero-order valence-corrected chi connectivity index (χ0v) is 11.9. The summed E-state index contributed by atoms with van der Waals surface area (Å²) in [6.07, 6.45) is 5.13. The molecule has 3 nitrogen and oxygen atoms in total. The Labute approximate surface area is 111 Å². The highest BCUT2D eigenvalue weighted by Gasteiger charge is 2.20. The molecule has 1 N–H and O–H groups in total. The molecule has 102 valence electrons. The van der Waals surface area contributed by atoms with Crippen molar-refractivity contribution in [2.75, 3.05) is 7.05 Å². The number of rotatable bonds is 8. The third kappa shape index (κ3) is 4.14. The third-order valence-corrected chi connectivity index (χ3v) is 3.72. The molecule has 1 fully saturated rings. The Balaban J connectivity index is 1.77. The predicted molar refractivity (Wildman–Crippen MR) is 74.4 cm³/mol. The fourth-order valence-electron chi connectivity index (χ4n) is 2.17. The van der Waals surface area contributed by atoms with Gasteiger partial charge in [-0.05, 0) is 45.4 Å². The summed E-state index contributed by atoms with van der Waals surface area (Å²) in [7, 11) is 2.17. The number of furan rings is 1. The van der Waals surface area contributed by atoms with Gasteiger partial charge in [0.25, 0.3) is 0 Å². The van der Waals surface area contributed by atoms with E-state index >= 15 is 0 Å². The predicted octanol–water partition coefficient (Wildman–Crippen LogP) is 3.15. The van der Waals surface area contributed by atoms with Crippen LogP contribution in [-0.2, 0) is 13.1 Å². The lowest BCUT2D eigenvalue weighted by Gasteiger charge is -2.23. The fourth-order valence-corrected chi connectivity index (χ4v) is 2.17. The van der Waals surface area contributed by atoms with Gasteiger partial charge >= 0.3 is 0 Å². The van der Waals surface area contributed by atoms with E-state index in [1.165, 1.54) is 25.7 Å². The van der Waals surface area contributed by atoms with E-state index in [4.69, 9.17) is 4.42 Å². The lowest BCUT2D eigenvalue weighted by atomic mass is 10.2. The fraction of sp³-hybridized carbons (Fsp3) is 0.733. The summed E-state index contributed by atoms with van der Waals surface area (Å²) in [5, 5.41) is 3.48. The first-order valence-corrected chi connectivity index (χ1v) is 7.20. The van der Waals surface area contributed by atoms with Crippen LogP contribution in [0.5, 0.6) is 0 Å². The standard InChI is InChI=1S/C15H26N2O/c1-4-5-12(2)17(3)11-15-9-8-14(18-15)10-16-13-6-7-13/h8-9,12-13,16H,4-7,10-11H2,1-3H3. The normalized spacial score (nSPS) is 17.3. The first-order chi connectivity index (χ1) is 8.69. The summed E-state index contributed by atoms with van der Waals surface area (Å²) in [5.41, 5.74) is 0. The van der Waals surface area contributed by atoms with Crippen molar-refractivity contribution in [3.63, 3.8) is 0 Å². The quantitative estimate of drug-likeness (QED) is 0.768.